The highest BCUT2D eigenvalue weighted by atomic mass is 35.5. The van der Waals surface area contributed by atoms with E-state index in [1.54, 1.807) is 48.5 Å². The number of azide groups is 2. The summed E-state index contributed by atoms with van der Waals surface area (Å²) in [6.45, 7) is 13.6. The van der Waals surface area contributed by atoms with Crippen molar-refractivity contribution in [2.45, 2.75) is 76.7 Å². The molecule has 0 saturated carbocycles. The van der Waals surface area contributed by atoms with Gasteiger partial charge in [0.05, 0.1) is 141 Å². The molecule has 2 aliphatic carbocycles. The molecule has 8 aromatic rings. The summed E-state index contributed by atoms with van der Waals surface area (Å²) in [5, 5.41) is 52.9. The molecule has 8 N–H and O–H groups in total. The number of nitrogens with zero attached hydrogens (tertiary/aromatic N) is 12. The van der Waals surface area contributed by atoms with Gasteiger partial charge >= 0.3 is 24.1 Å². The van der Waals surface area contributed by atoms with E-state index < -0.39 is 42.7 Å². The zero-order chi connectivity index (χ0) is 94.0. The fourth-order valence-electron chi connectivity index (χ4n) is 14.1. The maximum atomic E-state index is 12.8. The van der Waals surface area contributed by atoms with Crippen LogP contribution in [0.15, 0.2) is 225 Å². The molecule has 4 amide bonds. The lowest BCUT2D eigenvalue weighted by Crippen LogP contribution is -2.33. The van der Waals surface area contributed by atoms with E-state index in [9.17, 15) is 33.6 Å². The standard InChI is InChI=1S/C49H60N8O10.C25H35N7O5.C22H26N2O4.ClH/c1-3-57(40-21-19-39(20-22-40)55-54-38-17-15-36(16-18-38)47(59)51-24-27-63-30-32-65-33-31-64-28-25-53-56-50)26-29-66-46(58)34-37(48(60)62-2)10-8-9-23-52-49(61)67-35-45-43-13-6-4-11-41(43)42-12-5-7-14-44(42)45;1-2-32(13-14-33)24-9-7-23(8-10-24)30-29-22-5-3-21(4-6-22)25(34)27-11-15-35-17-19-37-20-18-36-16-12-28-31-26;23-20(21(26)13-25)11-5-6-12-24-22(27)28-14-19-17-9-3-1-7-15(17)16-8-2-4-10-18(16)19;/h4-7,11-22,37,45H,3,8-10,23-35H2,1-2H3,(H,51,59)(H,52,61);3-10,33H,2,11-20H2,1H3,(H,27,34);1-4,7-10,19-20,25H,5-6,11-14,23H2,(H,24,27);1H/t37-;;20-;/m1.0./s1. The number of carbonyl (C=O) groups is 7. The Balaban J connectivity index is 0.000000305. The van der Waals surface area contributed by atoms with Gasteiger partial charge in [0.15, 0.2) is 5.78 Å². The van der Waals surface area contributed by atoms with Gasteiger partial charge in [0.1, 0.15) is 26.4 Å². The summed E-state index contributed by atoms with van der Waals surface area (Å²) < 4.78 is 53.7. The number of rotatable bonds is 58. The second-order valence-corrected chi connectivity index (χ2v) is 29.9. The van der Waals surface area contributed by atoms with Gasteiger partial charge in [0.25, 0.3) is 11.8 Å². The van der Waals surface area contributed by atoms with Gasteiger partial charge in [-0.3, -0.25) is 24.0 Å². The number of unbranched alkanes of at least 4 members (excludes halogenated alkanes) is 2. The Kier molecular flexibility index (Phi) is 51.0. The molecule has 0 heterocycles. The van der Waals surface area contributed by atoms with Crippen LogP contribution in [0.25, 0.3) is 43.1 Å². The molecule has 10 rings (SSSR count). The molecule has 0 bridgehead atoms. The molecule has 0 radical (unpaired) electrons. The number of benzene rings is 8. The number of methoxy groups -OCH3 is 1. The van der Waals surface area contributed by atoms with Gasteiger partial charge in [-0.15, -0.1) is 12.4 Å². The van der Waals surface area contributed by atoms with E-state index in [-0.39, 0.29) is 81.2 Å². The number of halogens is 1. The Hall–Kier alpha value is -12.8. The molecule has 133 heavy (non-hydrogen) atoms. The Morgan fingerprint density at radius 3 is 1.14 bits per heavy atom. The number of likely N-dealkylation sites (N-methyl/N-ethyl adjacent to an activating group) is 2. The van der Waals surface area contributed by atoms with Crippen molar-refractivity contribution in [1.82, 2.24) is 21.3 Å². The van der Waals surface area contributed by atoms with E-state index in [2.05, 4.69) is 120 Å². The number of Topliss-reactive ketones (excluding diaryl/α,β-unsaturated/α-hetero) is 1. The predicted octanol–water partition coefficient (Wildman–Crippen LogP) is 15.5. The number of ketones is 1. The number of aliphatic hydroxyl groups is 2. The highest BCUT2D eigenvalue weighted by Crippen LogP contribution is 2.46. The van der Waals surface area contributed by atoms with Crippen LogP contribution < -0.4 is 36.8 Å². The second-order valence-electron chi connectivity index (χ2n) is 29.9. The van der Waals surface area contributed by atoms with Crippen LogP contribution in [0, 0.1) is 5.92 Å². The molecule has 0 spiro atoms. The number of aliphatic hydroxyl groups excluding tert-OH is 2. The molecule has 2 aliphatic rings. The number of carbonyl (C=O) groups excluding carboxylic acids is 7. The summed E-state index contributed by atoms with van der Waals surface area (Å²) in [6.07, 6.45) is 2.39. The molecule has 0 saturated heterocycles. The lowest BCUT2D eigenvalue weighted by Gasteiger charge is -2.23. The van der Waals surface area contributed by atoms with Crippen LogP contribution in [0.1, 0.15) is 114 Å². The Morgan fingerprint density at radius 1 is 0.429 bits per heavy atom. The average molecular weight is 1850 g/mol. The first-order chi connectivity index (χ1) is 64.6. The monoisotopic (exact) mass is 1850 g/mol. The van der Waals surface area contributed by atoms with Gasteiger partial charge < -0.3 is 94.4 Å². The molecule has 8 aromatic carbocycles. The first kappa shape index (κ1) is 107. The molecule has 712 valence electrons. The van der Waals surface area contributed by atoms with Crippen LogP contribution in [0.3, 0.4) is 0 Å². The molecule has 0 aromatic heterocycles. The van der Waals surface area contributed by atoms with Crippen molar-refractivity contribution in [2.24, 2.45) is 42.3 Å². The topological polar surface area (TPSA) is 480 Å². The third kappa shape index (κ3) is 38.5. The number of azo groups is 2. The molecule has 0 unspecified atom stereocenters. The van der Waals surface area contributed by atoms with Gasteiger partial charge in [-0.1, -0.05) is 114 Å². The Labute approximate surface area is 781 Å². The van der Waals surface area contributed by atoms with Gasteiger partial charge in [-0.25, -0.2) is 9.59 Å². The van der Waals surface area contributed by atoms with Gasteiger partial charge in [-0.05, 0) is 199 Å². The van der Waals surface area contributed by atoms with Gasteiger partial charge in [-0.2, -0.15) is 20.5 Å². The lowest BCUT2D eigenvalue weighted by molar-refractivity contribution is -0.153. The van der Waals surface area contributed by atoms with Crippen LogP contribution in [-0.2, 0) is 61.8 Å². The minimum absolute atomic E-state index is 0. The maximum absolute atomic E-state index is 12.8. The van der Waals surface area contributed by atoms with Crippen molar-refractivity contribution in [1.29, 1.82) is 0 Å². The van der Waals surface area contributed by atoms with Crippen LogP contribution in [0.2, 0.25) is 0 Å². The SMILES string of the molecule is CCN(CCO)c1ccc(N=Nc2ccc(C(=O)NCCOCCOCCOCCN=[N+]=[N-])cc2)cc1.CCN(CCOC(=O)C[C@@H](CCCCNC(=O)OCC1c2ccccc2-c2ccccc21)C(=O)OC)c1ccc(N=Nc2ccc(C(=O)NCCOCCOCCOCCN=[N+]=[N-])cc2)cc1.Cl.N[C@@H](CCCCNC(=O)OCC1c2ccccc2-c2ccccc21)C(=O)CO. The van der Waals surface area contributed by atoms with Crippen molar-refractivity contribution in [3.05, 3.63) is 248 Å². The number of esters is 2. The van der Waals surface area contributed by atoms with E-state index >= 15 is 0 Å². The first-order valence-corrected chi connectivity index (χ1v) is 44.3. The summed E-state index contributed by atoms with van der Waals surface area (Å²) in [7, 11) is 1.30. The van der Waals surface area contributed by atoms with Crippen molar-refractivity contribution >= 4 is 88.3 Å². The number of fused-ring (bicyclic) bond motifs is 6. The predicted molar refractivity (Wildman–Crippen MR) is 507 cm³/mol. The number of hydrogen-bond acceptors (Lipinski definition) is 28. The largest absolute Gasteiger partial charge is 0.469 e. The molecular formula is C96H122ClN17O19. The van der Waals surface area contributed by atoms with Crippen molar-refractivity contribution in [3.63, 3.8) is 0 Å². The average Bonchev–Trinajstić information content (AvgIpc) is 1.62. The highest BCUT2D eigenvalue weighted by Gasteiger charge is 2.31. The number of anilines is 2. The van der Waals surface area contributed by atoms with Gasteiger partial charge in [0.2, 0.25) is 0 Å². The summed E-state index contributed by atoms with van der Waals surface area (Å²) in [5.41, 5.74) is 36.9. The minimum atomic E-state index is -0.663. The van der Waals surface area contributed by atoms with E-state index in [4.69, 9.17) is 74.4 Å². The quantitative estimate of drug-likeness (QED) is 0.00465. The normalized spacial score (nSPS) is 12.0. The molecule has 37 heteroatoms. The number of hydrogen-bond donors (Lipinski definition) is 7. The van der Waals surface area contributed by atoms with Crippen molar-refractivity contribution in [3.8, 4) is 22.3 Å². The maximum Gasteiger partial charge on any atom is 0.407 e. The summed E-state index contributed by atoms with van der Waals surface area (Å²) in [5.74, 6) is -2.40. The number of ether oxygens (including phenoxy) is 10. The Morgan fingerprint density at radius 2 is 0.782 bits per heavy atom. The molecular weight excluding hydrogens is 1730 g/mol. The number of nitrogens with one attached hydrogen (secondary N) is 4. The van der Waals surface area contributed by atoms with E-state index in [1.807, 2.05) is 111 Å². The van der Waals surface area contributed by atoms with Gasteiger partial charge in [0, 0.05) is 103 Å². The zero-order valence-corrected chi connectivity index (χ0v) is 76.3. The third-order valence-electron chi connectivity index (χ3n) is 21.0. The number of amides is 4. The van der Waals surface area contributed by atoms with E-state index in [0.717, 1.165) is 40.2 Å². The highest BCUT2D eigenvalue weighted by molar-refractivity contribution is 5.95. The smallest absolute Gasteiger partial charge is 0.407 e. The number of nitrogens with two attached hydrogens (primary N) is 1. The second kappa shape index (κ2) is 63.3. The molecule has 2 atom stereocenters. The third-order valence-corrected chi connectivity index (χ3v) is 21.0. The first-order valence-electron chi connectivity index (χ1n) is 44.3. The summed E-state index contributed by atoms with van der Waals surface area (Å²) in [6, 6.07) is 60.9. The summed E-state index contributed by atoms with van der Waals surface area (Å²) in [4.78, 5) is 95.4. The Bertz CT molecular complexity index is 4900. The molecule has 36 nitrogen and oxygen atoms in total. The summed E-state index contributed by atoms with van der Waals surface area (Å²) >= 11 is 0. The van der Waals surface area contributed by atoms with E-state index in [1.165, 1.54) is 29.4 Å². The van der Waals surface area contributed by atoms with Crippen LogP contribution in [0.5, 0.6) is 0 Å². The van der Waals surface area contributed by atoms with Crippen LogP contribution >= 0.6 is 12.4 Å². The van der Waals surface area contributed by atoms with Crippen molar-refractivity contribution < 1.29 is 91.1 Å². The fourth-order valence-corrected chi connectivity index (χ4v) is 14.1. The molecule has 0 fully saturated rings. The lowest BCUT2D eigenvalue weighted by atomic mass is 9.98. The van der Waals surface area contributed by atoms with Crippen LogP contribution in [0.4, 0.5) is 43.7 Å². The van der Waals surface area contributed by atoms with Crippen molar-refractivity contribution in [2.75, 3.05) is 195 Å². The van der Waals surface area contributed by atoms with E-state index in [0.29, 0.717) is 204 Å². The molecule has 0 aliphatic heterocycles. The number of alkyl carbamates (subject to hydrolysis) is 2. The fraction of sp³-hybridized carbons (Fsp3) is 0.427. The minimum Gasteiger partial charge on any atom is -0.469 e. The van der Waals surface area contributed by atoms with Crippen LogP contribution in [-0.4, -0.2) is 243 Å². The zero-order valence-electron chi connectivity index (χ0n) is 75.5.